The molecule has 24 heavy (non-hydrogen) atoms. The molecule has 0 spiro atoms. The first kappa shape index (κ1) is 24.3. The fourth-order valence-electron chi connectivity index (χ4n) is 1.99. The number of Topliss-reactive ketones (excluding diaryl/α,β-unsaturated/α-hetero) is 1. The van der Waals surface area contributed by atoms with Crippen molar-refractivity contribution < 1.29 is 26.0 Å². The van der Waals surface area contributed by atoms with Crippen LogP contribution >= 0.6 is 0 Å². The quantitative estimate of drug-likeness (QED) is 0.566. The van der Waals surface area contributed by atoms with Gasteiger partial charge in [0.15, 0.2) is 0 Å². The number of nitrogens with zero attached hydrogens (tertiary/aromatic N) is 1. The van der Waals surface area contributed by atoms with Crippen LogP contribution in [0.3, 0.4) is 0 Å². The number of ketones is 1. The van der Waals surface area contributed by atoms with Crippen LogP contribution in [-0.2, 0) is 4.79 Å². The average Bonchev–Trinajstić information content (AvgIpc) is 2.53. The Kier molecular flexibility index (Phi) is 11.6. The third-order valence-corrected chi connectivity index (χ3v) is 3.99. The van der Waals surface area contributed by atoms with E-state index in [1.54, 1.807) is 24.1 Å². The van der Waals surface area contributed by atoms with Crippen molar-refractivity contribution in [3.05, 3.63) is 60.2 Å². The van der Waals surface area contributed by atoms with E-state index in [4.69, 9.17) is 0 Å². The van der Waals surface area contributed by atoms with Crippen LogP contribution in [0.25, 0.3) is 0 Å². The first-order valence-electron chi connectivity index (χ1n) is 6.74. The van der Waals surface area contributed by atoms with Crippen LogP contribution in [0.2, 0.25) is 0 Å². The van der Waals surface area contributed by atoms with E-state index in [0.29, 0.717) is 5.56 Å². The summed E-state index contributed by atoms with van der Waals surface area (Å²) in [4.78, 5) is 25.7. The minimum Gasteiger partial charge on any atom is -0.870 e. The van der Waals surface area contributed by atoms with Crippen molar-refractivity contribution in [1.29, 1.82) is 0 Å². The molecular formula is C17H19GeNO5. The SMILES string of the molecule is CN(C(=O)CCC(=O)c1ccccc1)c1cc[c]([Ge+3])cc1.[OH-].[OH-].[OH-]. The maximum atomic E-state index is 12.1. The van der Waals surface area contributed by atoms with Gasteiger partial charge in [-0.2, -0.15) is 0 Å². The maximum absolute atomic E-state index is 12.1. The van der Waals surface area contributed by atoms with Crippen LogP contribution in [0.4, 0.5) is 5.69 Å². The minimum absolute atomic E-state index is 0. The van der Waals surface area contributed by atoms with Crippen molar-refractivity contribution >= 4 is 38.3 Å². The van der Waals surface area contributed by atoms with Gasteiger partial charge in [-0.05, 0) is 0 Å². The molecule has 0 atom stereocenters. The molecule has 0 radical (unpaired) electrons. The fraction of sp³-hybridized carbons (Fsp3) is 0.176. The summed E-state index contributed by atoms with van der Waals surface area (Å²) in [7, 11) is 1.74. The Morgan fingerprint density at radius 1 is 0.875 bits per heavy atom. The number of carbonyl (C=O) groups excluding carboxylic acids is 2. The molecular weight excluding hydrogens is 371 g/mol. The molecule has 0 unspecified atom stereocenters. The molecule has 1 amide bonds. The second kappa shape index (κ2) is 11.5. The van der Waals surface area contributed by atoms with Crippen molar-refractivity contribution in [1.82, 2.24) is 0 Å². The van der Waals surface area contributed by atoms with Crippen LogP contribution in [0.5, 0.6) is 0 Å². The number of carbonyl (C=O) groups is 2. The van der Waals surface area contributed by atoms with E-state index >= 15 is 0 Å². The van der Waals surface area contributed by atoms with Gasteiger partial charge in [-0.3, -0.25) is 0 Å². The molecule has 6 nitrogen and oxygen atoms in total. The number of hydrogen-bond donors (Lipinski definition) is 0. The Balaban J connectivity index is 0. The molecule has 7 heteroatoms. The van der Waals surface area contributed by atoms with E-state index in [2.05, 4.69) is 0 Å². The standard InChI is InChI=1S/C17H16GeNO2.3H2O/c1-19(15-9-7-14(18)8-10-15)17(21)12-11-16(20)13-5-3-2-4-6-13;;;/h2-10H,11-12H2,1H3;3*1H2/q+3;;;/p-3. The Bertz CT molecular complexity index is 631. The second-order valence-electron chi connectivity index (χ2n) is 4.79. The van der Waals surface area contributed by atoms with Gasteiger partial charge in [-0.1, -0.05) is 6.07 Å². The summed E-state index contributed by atoms with van der Waals surface area (Å²) in [5.41, 5.74) is 1.50. The Hall–Kier alpha value is -2.00. The summed E-state index contributed by atoms with van der Waals surface area (Å²) in [6.45, 7) is 0. The molecule has 0 aliphatic carbocycles. The van der Waals surface area contributed by atoms with Gasteiger partial charge in [0.2, 0.25) is 0 Å². The molecule has 2 aromatic carbocycles. The van der Waals surface area contributed by atoms with Gasteiger partial charge >= 0.3 is 127 Å². The molecule has 0 aromatic heterocycles. The minimum atomic E-state index is -0.0527. The van der Waals surface area contributed by atoms with Crippen molar-refractivity contribution in [3.63, 3.8) is 0 Å². The predicted molar refractivity (Wildman–Crippen MR) is 91.1 cm³/mol. The van der Waals surface area contributed by atoms with Crippen LogP contribution in [0.15, 0.2) is 54.6 Å². The first-order valence-corrected chi connectivity index (χ1v) is 7.79. The Morgan fingerprint density at radius 3 is 1.96 bits per heavy atom. The van der Waals surface area contributed by atoms with Gasteiger partial charge in [-0.15, -0.1) is 0 Å². The molecule has 0 heterocycles. The molecule has 3 N–H and O–H groups in total. The summed E-state index contributed by atoms with van der Waals surface area (Å²) in [6.07, 6.45) is 0.456. The summed E-state index contributed by atoms with van der Waals surface area (Å²) < 4.78 is 1.15. The number of amides is 1. The van der Waals surface area contributed by atoms with Crippen molar-refractivity contribution in [2.24, 2.45) is 0 Å². The summed E-state index contributed by atoms with van der Waals surface area (Å²) in [6, 6.07) is 16.8. The zero-order chi connectivity index (χ0) is 15.2. The van der Waals surface area contributed by atoms with E-state index in [0.717, 1.165) is 10.1 Å². The van der Waals surface area contributed by atoms with Crippen LogP contribution < -0.4 is 9.30 Å². The third-order valence-electron chi connectivity index (χ3n) is 3.29. The monoisotopic (exact) mass is 391 g/mol. The van der Waals surface area contributed by atoms with Crippen molar-refractivity contribution in [2.45, 2.75) is 12.8 Å². The molecule has 0 aliphatic heterocycles. The van der Waals surface area contributed by atoms with Crippen molar-refractivity contribution in [2.75, 3.05) is 11.9 Å². The van der Waals surface area contributed by atoms with Gasteiger partial charge in [0, 0.05) is 0 Å². The van der Waals surface area contributed by atoms with Crippen LogP contribution in [0.1, 0.15) is 23.2 Å². The zero-order valence-corrected chi connectivity index (χ0v) is 15.3. The second-order valence-corrected chi connectivity index (χ2v) is 6.00. The third kappa shape index (κ3) is 6.63. The largest absolute Gasteiger partial charge is 0.870 e. The maximum Gasteiger partial charge on any atom is -0.870 e. The topological polar surface area (TPSA) is 127 Å². The van der Waals surface area contributed by atoms with E-state index in [1.165, 1.54) is 0 Å². The fourth-order valence-corrected chi connectivity index (χ4v) is 2.34. The number of hydrogen-bond acceptors (Lipinski definition) is 5. The molecule has 0 bridgehead atoms. The Labute approximate surface area is 149 Å². The molecule has 0 saturated carbocycles. The molecule has 126 valence electrons. The predicted octanol–water partition coefficient (Wildman–Crippen LogP) is 1.58. The number of benzene rings is 2. The smallest absolute Gasteiger partial charge is 0.870 e. The van der Waals surface area contributed by atoms with Crippen LogP contribution in [-0.4, -0.2) is 51.7 Å². The van der Waals surface area contributed by atoms with Crippen molar-refractivity contribution in [3.8, 4) is 0 Å². The molecule has 2 rings (SSSR count). The van der Waals surface area contributed by atoms with Gasteiger partial charge in [0.1, 0.15) is 0 Å². The van der Waals surface area contributed by atoms with E-state index < -0.39 is 0 Å². The van der Waals surface area contributed by atoms with Crippen LogP contribution in [0, 0.1) is 0 Å². The van der Waals surface area contributed by atoms with E-state index in [-0.39, 0.29) is 41.0 Å². The summed E-state index contributed by atoms with van der Waals surface area (Å²) in [5, 5.41) is 0. The first-order chi connectivity index (χ1) is 10.1. The van der Waals surface area contributed by atoms with Gasteiger partial charge in [0.25, 0.3) is 0 Å². The van der Waals surface area contributed by atoms with Gasteiger partial charge < -0.3 is 16.4 Å². The van der Waals surface area contributed by atoms with Gasteiger partial charge in [-0.25, -0.2) is 0 Å². The average molecular weight is 390 g/mol. The normalized spacial score (nSPS) is 8.96. The number of anilines is 1. The summed E-state index contributed by atoms with van der Waals surface area (Å²) in [5.74, 6) is -0.0515. The molecule has 0 fully saturated rings. The Morgan fingerprint density at radius 2 is 1.42 bits per heavy atom. The molecule has 2 aromatic rings. The van der Waals surface area contributed by atoms with E-state index in [1.807, 2.05) is 59.0 Å². The number of rotatable bonds is 5. The zero-order valence-electron chi connectivity index (χ0n) is 13.2. The van der Waals surface area contributed by atoms with Gasteiger partial charge in [0.05, 0.1) is 0 Å². The molecule has 0 saturated heterocycles. The summed E-state index contributed by atoms with van der Waals surface area (Å²) >= 11 is 2.00. The van der Waals surface area contributed by atoms with E-state index in [9.17, 15) is 9.59 Å². The molecule has 0 aliphatic rings.